The van der Waals surface area contributed by atoms with Crippen molar-refractivity contribution in [3.63, 3.8) is 0 Å². The van der Waals surface area contributed by atoms with E-state index in [0.717, 1.165) is 48.8 Å². The molecule has 164 valence electrons. The number of anilines is 4. The molecule has 1 fully saturated rings. The summed E-state index contributed by atoms with van der Waals surface area (Å²) in [7, 11) is 2.13. The molecule has 32 heavy (non-hydrogen) atoms. The van der Waals surface area contributed by atoms with E-state index in [2.05, 4.69) is 38.7 Å². The van der Waals surface area contributed by atoms with Gasteiger partial charge in [-0.25, -0.2) is 4.98 Å². The number of nitrogens with one attached hydrogen (secondary N) is 2. The summed E-state index contributed by atoms with van der Waals surface area (Å²) in [6.45, 7) is 7.96. The van der Waals surface area contributed by atoms with E-state index in [-0.39, 0.29) is 5.71 Å². The summed E-state index contributed by atoms with van der Waals surface area (Å²) in [6, 6.07) is 11.2. The molecule has 4 rings (SSSR count). The van der Waals surface area contributed by atoms with Crippen LogP contribution in [0, 0.1) is 5.41 Å². The summed E-state index contributed by atoms with van der Waals surface area (Å²) in [6.07, 6.45) is 5.11. The first-order chi connectivity index (χ1) is 15.4. The van der Waals surface area contributed by atoms with Gasteiger partial charge in [0.05, 0.1) is 17.1 Å². The second-order valence-corrected chi connectivity index (χ2v) is 7.98. The van der Waals surface area contributed by atoms with Crippen LogP contribution in [0.15, 0.2) is 67.3 Å². The molecular formula is C24H28N8. The Labute approximate surface area is 188 Å². The highest BCUT2D eigenvalue weighted by Crippen LogP contribution is 2.27. The monoisotopic (exact) mass is 428 g/mol. The van der Waals surface area contributed by atoms with Crippen molar-refractivity contribution in [1.82, 2.24) is 14.9 Å². The van der Waals surface area contributed by atoms with Gasteiger partial charge >= 0.3 is 0 Å². The molecule has 1 saturated heterocycles. The van der Waals surface area contributed by atoms with Gasteiger partial charge in [0, 0.05) is 73.3 Å². The summed E-state index contributed by atoms with van der Waals surface area (Å²) < 4.78 is 0. The van der Waals surface area contributed by atoms with Crippen LogP contribution >= 0.6 is 0 Å². The van der Waals surface area contributed by atoms with Crippen LogP contribution in [0.2, 0.25) is 0 Å². The Balaban J connectivity index is 1.51. The molecule has 6 N–H and O–H groups in total. The Morgan fingerprint density at radius 1 is 1.03 bits per heavy atom. The molecule has 3 heterocycles. The first-order valence-corrected chi connectivity index (χ1v) is 10.5. The summed E-state index contributed by atoms with van der Waals surface area (Å²) in [5, 5.41) is 11.9. The lowest BCUT2D eigenvalue weighted by Crippen LogP contribution is -2.44. The standard InChI is InChI=1S/C24H28N8/c1-16(30-20-5-6-29-23(13-20)32-9-7-31(2)8-10-32)24(27)21-12-17(3-4-22(21)26)18-11-19(25)15-28-14-18/h3-6,11-15,27H,1,7-10,25-26H2,2H3,(H,29,30). The third-order valence-electron chi connectivity index (χ3n) is 5.59. The number of allylic oxidation sites excluding steroid dienone is 1. The van der Waals surface area contributed by atoms with Gasteiger partial charge in [0.1, 0.15) is 5.82 Å². The van der Waals surface area contributed by atoms with E-state index in [4.69, 9.17) is 16.9 Å². The van der Waals surface area contributed by atoms with E-state index in [9.17, 15) is 0 Å². The van der Waals surface area contributed by atoms with Crippen LogP contribution in [0.25, 0.3) is 11.1 Å². The summed E-state index contributed by atoms with van der Waals surface area (Å²) in [5.74, 6) is 0.915. The van der Waals surface area contributed by atoms with Gasteiger partial charge in [-0.15, -0.1) is 0 Å². The van der Waals surface area contributed by atoms with Crippen molar-refractivity contribution in [2.45, 2.75) is 0 Å². The number of pyridine rings is 2. The predicted octanol–water partition coefficient (Wildman–Crippen LogP) is 3.05. The van der Waals surface area contributed by atoms with Gasteiger partial charge in [0.25, 0.3) is 0 Å². The lowest BCUT2D eigenvalue weighted by atomic mass is 9.99. The molecule has 2 aromatic heterocycles. The zero-order chi connectivity index (χ0) is 22.7. The van der Waals surface area contributed by atoms with Gasteiger partial charge in [-0.3, -0.25) is 10.4 Å². The SMILES string of the molecule is C=C(Nc1ccnc(N2CCN(C)CC2)c1)C(=N)c1cc(-c2cncc(N)c2)ccc1N. The smallest absolute Gasteiger partial charge is 0.130 e. The maximum Gasteiger partial charge on any atom is 0.130 e. The van der Waals surface area contributed by atoms with Crippen LogP contribution in [0.3, 0.4) is 0 Å². The number of likely N-dealkylation sites (N-methyl/N-ethyl adjacent to an activating group) is 1. The molecule has 0 amide bonds. The third kappa shape index (κ3) is 4.70. The highest BCUT2D eigenvalue weighted by Gasteiger charge is 2.16. The maximum absolute atomic E-state index is 8.69. The second-order valence-electron chi connectivity index (χ2n) is 7.98. The van der Waals surface area contributed by atoms with E-state index in [1.54, 1.807) is 24.7 Å². The first-order valence-electron chi connectivity index (χ1n) is 10.5. The Hall–Kier alpha value is -3.91. The molecule has 1 aliphatic rings. The number of nitrogen functional groups attached to an aromatic ring is 2. The van der Waals surface area contributed by atoms with Crippen molar-refractivity contribution >= 4 is 28.6 Å². The van der Waals surface area contributed by atoms with Crippen molar-refractivity contribution in [3.8, 4) is 11.1 Å². The molecule has 1 aromatic carbocycles. The normalized spacial score (nSPS) is 14.2. The molecule has 1 aliphatic heterocycles. The topological polar surface area (TPSA) is 120 Å². The summed E-state index contributed by atoms with van der Waals surface area (Å²) >= 11 is 0. The Kier molecular flexibility index (Phi) is 6.04. The van der Waals surface area contributed by atoms with Crippen LogP contribution in [-0.4, -0.2) is 53.8 Å². The van der Waals surface area contributed by atoms with Gasteiger partial charge in [0.2, 0.25) is 0 Å². The number of hydrogen-bond donors (Lipinski definition) is 4. The number of rotatable bonds is 6. The molecular weight excluding hydrogens is 400 g/mol. The number of piperazine rings is 1. The average Bonchev–Trinajstić information content (AvgIpc) is 2.79. The van der Waals surface area contributed by atoms with Crippen molar-refractivity contribution in [1.29, 1.82) is 5.41 Å². The van der Waals surface area contributed by atoms with Gasteiger partial charge in [0.15, 0.2) is 0 Å². The van der Waals surface area contributed by atoms with Crippen molar-refractivity contribution < 1.29 is 0 Å². The van der Waals surface area contributed by atoms with Crippen LogP contribution in [0.1, 0.15) is 5.56 Å². The van der Waals surface area contributed by atoms with E-state index >= 15 is 0 Å². The van der Waals surface area contributed by atoms with Crippen molar-refractivity contribution in [3.05, 3.63) is 72.8 Å². The van der Waals surface area contributed by atoms with Crippen LogP contribution in [0.4, 0.5) is 22.9 Å². The Bertz CT molecular complexity index is 1150. The fraction of sp³-hybridized carbons (Fsp3) is 0.208. The Morgan fingerprint density at radius 2 is 1.81 bits per heavy atom. The maximum atomic E-state index is 8.69. The zero-order valence-electron chi connectivity index (χ0n) is 18.2. The number of nitrogens with zero attached hydrogens (tertiary/aromatic N) is 4. The second kappa shape index (κ2) is 9.07. The van der Waals surface area contributed by atoms with E-state index in [1.165, 1.54) is 0 Å². The average molecular weight is 429 g/mol. The van der Waals surface area contributed by atoms with Crippen LogP contribution in [0.5, 0.6) is 0 Å². The highest BCUT2D eigenvalue weighted by atomic mass is 15.3. The molecule has 0 spiro atoms. The fourth-order valence-corrected chi connectivity index (χ4v) is 3.67. The molecule has 3 aromatic rings. The third-order valence-corrected chi connectivity index (χ3v) is 5.59. The molecule has 0 atom stereocenters. The molecule has 0 radical (unpaired) electrons. The van der Waals surface area contributed by atoms with Crippen molar-refractivity contribution in [2.24, 2.45) is 0 Å². The number of hydrogen-bond acceptors (Lipinski definition) is 8. The number of aromatic nitrogens is 2. The largest absolute Gasteiger partial charge is 0.398 e. The van der Waals surface area contributed by atoms with Gasteiger partial charge in [-0.1, -0.05) is 12.6 Å². The van der Waals surface area contributed by atoms with Crippen LogP contribution < -0.4 is 21.7 Å². The minimum absolute atomic E-state index is 0.221. The lowest BCUT2D eigenvalue weighted by Gasteiger charge is -2.33. The Morgan fingerprint density at radius 3 is 2.56 bits per heavy atom. The fourth-order valence-electron chi connectivity index (χ4n) is 3.67. The molecule has 8 nitrogen and oxygen atoms in total. The minimum atomic E-state index is 0.221. The predicted molar refractivity (Wildman–Crippen MR) is 132 cm³/mol. The van der Waals surface area contributed by atoms with Gasteiger partial charge < -0.3 is 26.6 Å². The quantitative estimate of drug-likeness (QED) is 0.352. The molecule has 8 heteroatoms. The summed E-state index contributed by atoms with van der Waals surface area (Å²) in [4.78, 5) is 13.2. The van der Waals surface area contributed by atoms with E-state index in [0.29, 0.717) is 22.6 Å². The zero-order valence-corrected chi connectivity index (χ0v) is 18.2. The first kappa shape index (κ1) is 21.3. The number of nitrogens with two attached hydrogens (primary N) is 2. The lowest BCUT2D eigenvalue weighted by molar-refractivity contribution is 0.312. The van der Waals surface area contributed by atoms with Gasteiger partial charge in [-0.2, -0.15) is 0 Å². The van der Waals surface area contributed by atoms with Gasteiger partial charge in [-0.05, 0) is 36.9 Å². The molecule has 0 saturated carbocycles. The molecule has 0 unspecified atom stereocenters. The van der Waals surface area contributed by atoms with E-state index < -0.39 is 0 Å². The van der Waals surface area contributed by atoms with E-state index in [1.807, 2.05) is 30.3 Å². The molecule has 0 aliphatic carbocycles. The number of benzene rings is 1. The molecule has 0 bridgehead atoms. The van der Waals surface area contributed by atoms with Crippen molar-refractivity contribution in [2.75, 3.05) is 54.9 Å². The highest BCUT2D eigenvalue weighted by molar-refractivity contribution is 6.15. The summed E-state index contributed by atoms with van der Waals surface area (Å²) in [5.41, 5.74) is 17.0. The van der Waals surface area contributed by atoms with Crippen LogP contribution in [-0.2, 0) is 0 Å². The minimum Gasteiger partial charge on any atom is -0.398 e.